The Morgan fingerprint density at radius 3 is 2.14 bits per heavy atom. The van der Waals surface area contributed by atoms with Crippen LogP contribution >= 0.6 is 46.4 Å². The van der Waals surface area contributed by atoms with Crippen molar-refractivity contribution in [1.82, 2.24) is 0 Å². The minimum Gasteiger partial charge on any atom is -0.280 e. The fraction of sp³-hybridized carbons (Fsp3) is 0.222. The molecule has 0 amide bonds. The highest BCUT2D eigenvalue weighted by atomic mass is 35.5. The van der Waals surface area contributed by atoms with Crippen molar-refractivity contribution in [2.24, 2.45) is 0 Å². The van der Waals surface area contributed by atoms with Crippen molar-refractivity contribution in [2.75, 3.05) is 0 Å². The molecule has 1 nitrogen and oxygen atoms in total. The molecule has 1 unspecified atom stereocenters. The Balaban J connectivity index is 2.81. The predicted molar refractivity (Wildman–Crippen MR) is 60.7 cm³/mol. The minimum atomic E-state index is -0.744. The lowest BCUT2D eigenvalue weighted by Crippen LogP contribution is -2.11. The molecule has 0 aliphatic heterocycles. The molecule has 1 atom stereocenters. The predicted octanol–water partition coefficient (Wildman–Crippen LogP) is 3.91. The number of hydrogen-bond donors (Lipinski definition) is 0. The van der Waals surface area contributed by atoms with Gasteiger partial charge < -0.3 is 0 Å². The van der Waals surface area contributed by atoms with Crippen LogP contribution in [0.1, 0.15) is 5.56 Å². The van der Waals surface area contributed by atoms with E-state index in [0.717, 1.165) is 5.56 Å². The maximum absolute atomic E-state index is 10.7. The van der Waals surface area contributed by atoms with Crippen molar-refractivity contribution in [1.29, 1.82) is 0 Å². The molecule has 0 saturated carbocycles. The van der Waals surface area contributed by atoms with Crippen LogP contribution in [0.3, 0.4) is 0 Å². The highest BCUT2D eigenvalue weighted by molar-refractivity contribution is 6.69. The topological polar surface area (TPSA) is 17.1 Å². The first-order chi connectivity index (χ1) is 6.49. The molecule has 0 saturated heterocycles. The summed E-state index contributed by atoms with van der Waals surface area (Å²) in [6.07, 6.45) is 0.324. The zero-order valence-electron chi connectivity index (χ0n) is 6.94. The van der Waals surface area contributed by atoms with Crippen molar-refractivity contribution < 1.29 is 4.79 Å². The fourth-order valence-corrected chi connectivity index (χ4v) is 1.84. The van der Waals surface area contributed by atoms with Gasteiger partial charge in [0.2, 0.25) is 5.24 Å². The zero-order chi connectivity index (χ0) is 10.7. The van der Waals surface area contributed by atoms with Gasteiger partial charge in [-0.25, -0.2) is 0 Å². The lowest BCUT2D eigenvalue weighted by Gasteiger charge is -2.05. The first-order valence-corrected chi connectivity index (χ1v) is 5.34. The molecular weight excluding hydrogens is 266 g/mol. The van der Waals surface area contributed by atoms with E-state index in [1.54, 1.807) is 18.2 Å². The average Bonchev–Trinajstić information content (AvgIpc) is 2.01. The highest BCUT2D eigenvalue weighted by Crippen LogP contribution is 2.21. The van der Waals surface area contributed by atoms with Crippen molar-refractivity contribution in [3.8, 4) is 0 Å². The molecule has 0 aliphatic carbocycles. The molecule has 0 radical (unpaired) electrons. The summed E-state index contributed by atoms with van der Waals surface area (Å²) in [4.78, 5) is 10.7. The second-order valence-corrected chi connectivity index (χ2v) is 4.53. The number of carbonyl (C=O) groups excluding carboxylic acids is 1. The third-order valence-electron chi connectivity index (χ3n) is 1.58. The molecule has 1 aromatic rings. The van der Waals surface area contributed by atoms with Crippen LogP contribution in [0.5, 0.6) is 0 Å². The number of halogens is 4. The second-order valence-electron chi connectivity index (χ2n) is 2.75. The van der Waals surface area contributed by atoms with E-state index in [2.05, 4.69) is 0 Å². The van der Waals surface area contributed by atoms with Crippen molar-refractivity contribution >= 4 is 51.6 Å². The van der Waals surface area contributed by atoms with Gasteiger partial charge in [0.25, 0.3) is 0 Å². The van der Waals surface area contributed by atoms with Crippen molar-refractivity contribution in [3.63, 3.8) is 0 Å². The lowest BCUT2D eigenvalue weighted by molar-refractivity contribution is -0.111. The van der Waals surface area contributed by atoms with E-state index >= 15 is 0 Å². The van der Waals surface area contributed by atoms with Crippen LogP contribution < -0.4 is 0 Å². The van der Waals surface area contributed by atoms with Crippen LogP contribution in [0.4, 0.5) is 0 Å². The first-order valence-electron chi connectivity index (χ1n) is 3.77. The van der Waals surface area contributed by atoms with Crippen molar-refractivity contribution in [3.05, 3.63) is 33.8 Å². The Bertz CT molecular complexity index is 330. The standard InChI is InChI=1S/C9H6Cl4O/c10-6-1-5(2-7(11)4-6)3-8(12)9(13)14/h1-2,4,8H,3H2. The maximum atomic E-state index is 10.7. The maximum Gasteiger partial charge on any atom is 0.239 e. The van der Waals surface area contributed by atoms with Crippen LogP contribution in [-0.4, -0.2) is 10.6 Å². The number of benzene rings is 1. The Morgan fingerprint density at radius 2 is 1.71 bits per heavy atom. The van der Waals surface area contributed by atoms with E-state index in [-0.39, 0.29) is 0 Å². The molecule has 0 N–H and O–H groups in total. The molecule has 0 heterocycles. The third-order valence-corrected chi connectivity index (χ3v) is 2.75. The largest absolute Gasteiger partial charge is 0.280 e. The molecule has 0 aromatic heterocycles. The zero-order valence-corrected chi connectivity index (χ0v) is 9.96. The Labute approximate surface area is 102 Å². The number of carbonyl (C=O) groups is 1. The normalized spacial score (nSPS) is 12.6. The first kappa shape index (κ1) is 12.1. The number of hydrogen-bond acceptors (Lipinski definition) is 1. The van der Waals surface area contributed by atoms with E-state index in [4.69, 9.17) is 46.4 Å². The van der Waals surface area contributed by atoms with Crippen LogP contribution in [-0.2, 0) is 11.2 Å². The second kappa shape index (κ2) is 5.22. The fourth-order valence-electron chi connectivity index (χ4n) is 1.02. The quantitative estimate of drug-likeness (QED) is 0.602. The van der Waals surface area contributed by atoms with Crippen LogP contribution in [0.2, 0.25) is 10.0 Å². The lowest BCUT2D eigenvalue weighted by atomic mass is 10.1. The molecular formula is C9H6Cl4O. The average molecular weight is 272 g/mol. The van der Waals surface area contributed by atoms with Gasteiger partial charge in [-0.1, -0.05) is 23.2 Å². The van der Waals surface area contributed by atoms with E-state index in [9.17, 15) is 4.79 Å². The summed E-state index contributed by atoms with van der Waals surface area (Å²) < 4.78 is 0. The SMILES string of the molecule is O=C(Cl)C(Cl)Cc1cc(Cl)cc(Cl)c1. The Kier molecular flexibility index (Phi) is 4.52. The summed E-state index contributed by atoms with van der Waals surface area (Å²) in [5, 5.41) is -0.300. The minimum absolute atomic E-state index is 0.324. The monoisotopic (exact) mass is 270 g/mol. The van der Waals surface area contributed by atoms with Crippen LogP contribution in [0.25, 0.3) is 0 Å². The molecule has 5 heteroatoms. The Hall–Kier alpha value is 0.0500. The third kappa shape index (κ3) is 3.66. The van der Waals surface area contributed by atoms with Gasteiger partial charge in [0, 0.05) is 10.0 Å². The van der Waals surface area contributed by atoms with Crippen molar-refractivity contribution in [2.45, 2.75) is 11.8 Å². The van der Waals surface area contributed by atoms with Gasteiger partial charge in [0.1, 0.15) is 5.38 Å². The number of rotatable bonds is 3. The van der Waals surface area contributed by atoms with Gasteiger partial charge in [-0.2, -0.15) is 0 Å². The van der Waals surface area contributed by atoms with Gasteiger partial charge in [0.15, 0.2) is 0 Å². The van der Waals surface area contributed by atoms with Gasteiger partial charge >= 0.3 is 0 Å². The molecule has 0 aliphatic rings. The molecule has 1 aromatic carbocycles. The Morgan fingerprint density at radius 1 is 1.21 bits per heavy atom. The molecule has 14 heavy (non-hydrogen) atoms. The number of alkyl halides is 1. The van der Waals surface area contributed by atoms with Gasteiger partial charge in [-0.15, -0.1) is 11.6 Å². The molecule has 0 bridgehead atoms. The summed E-state index contributed by atoms with van der Waals surface area (Å²) >= 11 is 22.4. The summed E-state index contributed by atoms with van der Waals surface area (Å²) in [5.41, 5.74) is 0.788. The molecule has 1 rings (SSSR count). The van der Waals surface area contributed by atoms with Gasteiger partial charge in [-0.05, 0) is 41.8 Å². The van der Waals surface area contributed by atoms with E-state index in [1.807, 2.05) is 0 Å². The van der Waals surface area contributed by atoms with Gasteiger partial charge in [0.05, 0.1) is 0 Å². The molecule has 0 spiro atoms. The van der Waals surface area contributed by atoms with Crippen LogP contribution in [0, 0.1) is 0 Å². The van der Waals surface area contributed by atoms with E-state index in [1.165, 1.54) is 0 Å². The molecule has 0 fully saturated rings. The highest BCUT2D eigenvalue weighted by Gasteiger charge is 2.13. The summed E-state index contributed by atoms with van der Waals surface area (Å²) in [6, 6.07) is 5.00. The summed E-state index contributed by atoms with van der Waals surface area (Å²) in [5.74, 6) is 0. The van der Waals surface area contributed by atoms with Gasteiger partial charge in [-0.3, -0.25) is 4.79 Å². The van der Waals surface area contributed by atoms with E-state index < -0.39 is 10.6 Å². The summed E-state index contributed by atoms with van der Waals surface area (Å²) in [6.45, 7) is 0. The summed E-state index contributed by atoms with van der Waals surface area (Å²) in [7, 11) is 0. The smallest absolute Gasteiger partial charge is 0.239 e. The van der Waals surface area contributed by atoms with Crippen LogP contribution in [0.15, 0.2) is 18.2 Å². The molecule has 76 valence electrons. The van der Waals surface area contributed by atoms with E-state index in [0.29, 0.717) is 16.5 Å².